The highest BCUT2D eigenvalue weighted by molar-refractivity contribution is 5.76. The molecule has 1 unspecified atom stereocenters. The lowest BCUT2D eigenvalue weighted by molar-refractivity contribution is -0.151. The Hall–Kier alpha value is -0.650. The molecule has 0 aliphatic rings. The molecule has 2 atom stereocenters. The average molecular weight is 500 g/mol. The van der Waals surface area contributed by atoms with Crippen molar-refractivity contribution in [3.8, 4) is 0 Å². The van der Waals surface area contributed by atoms with Gasteiger partial charge in [-0.25, -0.2) is 0 Å². The molecule has 0 saturated carbocycles. The summed E-state index contributed by atoms with van der Waals surface area (Å²) in [7, 11) is 0. The minimum absolute atomic E-state index is 0.0585. The van der Waals surface area contributed by atoms with E-state index in [9.17, 15) is 9.90 Å². The van der Waals surface area contributed by atoms with Crippen molar-refractivity contribution in [2.75, 3.05) is 13.2 Å². The van der Waals surface area contributed by atoms with Gasteiger partial charge in [0.25, 0.3) is 0 Å². The van der Waals surface area contributed by atoms with Crippen LogP contribution in [0.25, 0.3) is 0 Å². The summed E-state index contributed by atoms with van der Waals surface area (Å²) in [6, 6.07) is 0. The topological polar surface area (TPSA) is 78.8 Å². The van der Waals surface area contributed by atoms with Gasteiger partial charge in [0, 0.05) is 6.54 Å². The zero-order valence-corrected chi connectivity index (χ0v) is 23.5. The molecule has 3 N–H and O–H groups in total. The summed E-state index contributed by atoms with van der Waals surface area (Å²) in [6.45, 7) is 4.72. The Bertz CT molecular complexity index is 433. The van der Waals surface area contributed by atoms with Gasteiger partial charge in [-0.1, -0.05) is 136 Å². The molecule has 0 saturated heterocycles. The molecule has 0 bridgehead atoms. The lowest BCUT2D eigenvalue weighted by atomic mass is 10.0. The van der Waals surface area contributed by atoms with Crippen LogP contribution < -0.4 is 5.32 Å². The van der Waals surface area contributed by atoms with E-state index in [1.54, 1.807) is 0 Å². The highest BCUT2D eigenvalue weighted by Crippen LogP contribution is 2.18. The summed E-state index contributed by atoms with van der Waals surface area (Å²) in [5, 5.41) is 22.0. The quantitative estimate of drug-likeness (QED) is 0.0757. The van der Waals surface area contributed by atoms with E-state index in [-0.39, 0.29) is 31.6 Å². The number of nitrogens with one attached hydrogen (secondary N) is 1. The fraction of sp³-hybridized carbons (Fsp3) is 0.967. The lowest BCUT2D eigenvalue weighted by Gasteiger charge is -2.21. The summed E-state index contributed by atoms with van der Waals surface area (Å²) in [5.41, 5.74) is 0. The molecular formula is C30H61NO4. The van der Waals surface area contributed by atoms with Crippen LogP contribution in [0.5, 0.6) is 0 Å². The van der Waals surface area contributed by atoms with E-state index in [0.717, 1.165) is 32.1 Å². The van der Waals surface area contributed by atoms with Gasteiger partial charge in [-0.15, -0.1) is 0 Å². The van der Waals surface area contributed by atoms with Crippen LogP contribution in [0.2, 0.25) is 0 Å². The van der Waals surface area contributed by atoms with Crippen LogP contribution in [0, 0.1) is 0 Å². The number of rotatable bonds is 28. The summed E-state index contributed by atoms with van der Waals surface area (Å²) in [6.07, 6.45) is 26.2. The standard InChI is InChI=1S/C30H61NO4/c1-3-5-7-9-11-13-14-16-18-20-22-24-30(34)35-28(27-29(33)31-25-26-32)23-21-19-17-15-12-10-8-6-4-2/h28,30,32,34H,3-27H2,1-2H3,(H,31,33)/t28-,30?/m1/s1. The molecule has 5 nitrogen and oxygen atoms in total. The number of hydrogen-bond acceptors (Lipinski definition) is 4. The Morgan fingerprint density at radius 1 is 0.657 bits per heavy atom. The van der Waals surface area contributed by atoms with Crippen LogP contribution in [-0.2, 0) is 9.53 Å². The van der Waals surface area contributed by atoms with Crippen LogP contribution in [0.3, 0.4) is 0 Å². The molecule has 0 aromatic rings. The summed E-state index contributed by atoms with van der Waals surface area (Å²) >= 11 is 0. The Labute approximate surface area is 218 Å². The van der Waals surface area contributed by atoms with Gasteiger partial charge in [0.1, 0.15) is 0 Å². The molecule has 5 heteroatoms. The second-order valence-electron chi connectivity index (χ2n) is 10.4. The largest absolute Gasteiger partial charge is 0.395 e. The van der Waals surface area contributed by atoms with Crippen molar-refractivity contribution < 1.29 is 19.7 Å². The van der Waals surface area contributed by atoms with E-state index in [0.29, 0.717) is 6.42 Å². The van der Waals surface area contributed by atoms with Gasteiger partial charge in [-0.05, 0) is 19.3 Å². The SMILES string of the molecule is CCCCCCCCCCCCCC(O)O[C@H](CCCCCCCCCCC)CC(=O)NCCO. The van der Waals surface area contributed by atoms with Crippen molar-refractivity contribution in [1.29, 1.82) is 0 Å². The molecule has 0 aliphatic heterocycles. The first-order valence-electron chi connectivity index (χ1n) is 15.3. The predicted octanol–water partition coefficient (Wildman–Crippen LogP) is 7.81. The molecule has 0 spiro atoms. The average Bonchev–Trinajstić information content (AvgIpc) is 2.84. The fourth-order valence-electron chi connectivity index (χ4n) is 4.65. The van der Waals surface area contributed by atoms with Gasteiger partial charge in [0.2, 0.25) is 5.91 Å². The Kier molecular flexibility index (Phi) is 27.4. The van der Waals surface area contributed by atoms with Gasteiger partial charge in [0.15, 0.2) is 6.29 Å². The number of carbonyl (C=O) groups is 1. The zero-order valence-electron chi connectivity index (χ0n) is 23.5. The molecule has 210 valence electrons. The molecule has 0 fully saturated rings. The second kappa shape index (κ2) is 27.9. The first-order chi connectivity index (χ1) is 17.1. The van der Waals surface area contributed by atoms with Gasteiger partial charge < -0.3 is 20.3 Å². The van der Waals surface area contributed by atoms with E-state index < -0.39 is 6.29 Å². The van der Waals surface area contributed by atoms with E-state index in [4.69, 9.17) is 9.84 Å². The van der Waals surface area contributed by atoms with E-state index >= 15 is 0 Å². The van der Waals surface area contributed by atoms with Crippen molar-refractivity contribution in [3.63, 3.8) is 0 Å². The molecule has 0 radical (unpaired) electrons. The highest BCUT2D eigenvalue weighted by atomic mass is 16.6. The third-order valence-corrected chi connectivity index (χ3v) is 6.88. The van der Waals surface area contributed by atoms with Crippen molar-refractivity contribution in [2.24, 2.45) is 0 Å². The van der Waals surface area contributed by atoms with Gasteiger partial charge in [0.05, 0.1) is 19.1 Å². The molecule has 0 rings (SSSR count). The molecule has 1 amide bonds. The number of aliphatic hydroxyl groups excluding tert-OH is 2. The van der Waals surface area contributed by atoms with Crippen molar-refractivity contribution in [2.45, 2.75) is 174 Å². The van der Waals surface area contributed by atoms with Gasteiger partial charge in [-0.2, -0.15) is 0 Å². The minimum atomic E-state index is -0.789. The van der Waals surface area contributed by atoms with E-state index in [1.807, 2.05) is 0 Å². The molecular weight excluding hydrogens is 438 g/mol. The minimum Gasteiger partial charge on any atom is -0.395 e. The predicted molar refractivity (Wildman–Crippen MR) is 149 cm³/mol. The Balaban J connectivity index is 3.98. The number of aliphatic hydroxyl groups is 2. The maximum Gasteiger partial charge on any atom is 0.222 e. The lowest BCUT2D eigenvalue weighted by Crippen LogP contribution is -2.32. The Morgan fingerprint density at radius 3 is 1.49 bits per heavy atom. The Morgan fingerprint density at radius 2 is 1.06 bits per heavy atom. The first-order valence-corrected chi connectivity index (χ1v) is 15.3. The summed E-state index contributed by atoms with van der Waals surface area (Å²) in [4.78, 5) is 12.1. The van der Waals surface area contributed by atoms with Gasteiger partial charge >= 0.3 is 0 Å². The van der Waals surface area contributed by atoms with Crippen molar-refractivity contribution in [3.05, 3.63) is 0 Å². The third-order valence-electron chi connectivity index (χ3n) is 6.88. The molecule has 35 heavy (non-hydrogen) atoms. The monoisotopic (exact) mass is 499 g/mol. The number of ether oxygens (including phenoxy) is 1. The molecule has 0 aromatic heterocycles. The second-order valence-corrected chi connectivity index (χ2v) is 10.4. The van der Waals surface area contributed by atoms with E-state index in [2.05, 4.69) is 19.2 Å². The fourth-order valence-corrected chi connectivity index (χ4v) is 4.65. The number of carbonyl (C=O) groups excluding carboxylic acids is 1. The van der Waals surface area contributed by atoms with Crippen LogP contribution >= 0.6 is 0 Å². The summed E-state index contributed by atoms with van der Waals surface area (Å²) < 4.78 is 5.90. The van der Waals surface area contributed by atoms with Crippen LogP contribution in [0.4, 0.5) is 0 Å². The third kappa shape index (κ3) is 26.2. The maximum absolute atomic E-state index is 12.1. The van der Waals surface area contributed by atoms with Crippen molar-refractivity contribution >= 4 is 5.91 Å². The number of hydrogen-bond donors (Lipinski definition) is 3. The first kappa shape index (κ1) is 34.4. The van der Waals surface area contributed by atoms with Crippen LogP contribution in [0.1, 0.15) is 162 Å². The normalized spacial score (nSPS) is 13.1. The smallest absolute Gasteiger partial charge is 0.222 e. The van der Waals surface area contributed by atoms with Crippen LogP contribution in [0.15, 0.2) is 0 Å². The number of amides is 1. The molecule has 0 heterocycles. The molecule has 0 aromatic carbocycles. The highest BCUT2D eigenvalue weighted by Gasteiger charge is 2.18. The van der Waals surface area contributed by atoms with Crippen LogP contribution in [-0.4, -0.2) is 41.7 Å². The molecule has 0 aliphatic carbocycles. The van der Waals surface area contributed by atoms with Crippen molar-refractivity contribution in [1.82, 2.24) is 5.32 Å². The van der Waals surface area contributed by atoms with Gasteiger partial charge in [-0.3, -0.25) is 4.79 Å². The van der Waals surface area contributed by atoms with E-state index in [1.165, 1.54) is 103 Å². The summed E-state index contributed by atoms with van der Waals surface area (Å²) in [5.74, 6) is -0.109. The maximum atomic E-state index is 12.1. The number of unbranched alkanes of at least 4 members (excludes halogenated alkanes) is 18. The zero-order chi connectivity index (χ0) is 25.8.